The Labute approximate surface area is 142 Å². The average Bonchev–Trinajstić information content (AvgIpc) is 3.20. The van der Waals surface area contributed by atoms with Crippen LogP contribution in [0.25, 0.3) is 11.3 Å². The highest BCUT2D eigenvalue weighted by Crippen LogP contribution is 2.25. The topological polar surface area (TPSA) is 115 Å². The molecule has 9 heteroatoms. The molecule has 1 aliphatic heterocycles. The average molecular weight is 344 g/mol. The SMILES string of the molecule is Cc1onc(-c2ccncc2)c1C(=O)O[C@@H](C)C(=O)N1CCNC1=O. The summed E-state index contributed by atoms with van der Waals surface area (Å²) in [5, 5.41) is 6.41. The first-order valence-electron chi connectivity index (χ1n) is 7.66. The maximum absolute atomic E-state index is 12.5. The molecule has 2 aromatic heterocycles. The van der Waals surface area contributed by atoms with Crippen molar-refractivity contribution in [3.05, 3.63) is 35.9 Å². The second-order valence-corrected chi connectivity index (χ2v) is 5.47. The molecule has 3 rings (SSSR count). The van der Waals surface area contributed by atoms with Gasteiger partial charge in [0.2, 0.25) is 0 Å². The number of nitrogens with one attached hydrogen (secondary N) is 1. The van der Waals surface area contributed by atoms with Crippen molar-refractivity contribution >= 4 is 17.9 Å². The van der Waals surface area contributed by atoms with Gasteiger partial charge in [0, 0.05) is 31.0 Å². The second kappa shape index (κ2) is 6.71. The number of urea groups is 1. The van der Waals surface area contributed by atoms with Gasteiger partial charge in [-0.3, -0.25) is 14.7 Å². The van der Waals surface area contributed by atoms with Crippen LogP contribution in [0, 0.1) is 6.92 Å². The Kier molecular flexibility index (Phi) is 4.46. The number of hydrogen-bond donors (Lipinski definition) is 1. The summed E-state index contributed by atoms with van der Waals surface area (Å²) in [6, 6.07) is 2.86. The van der Waals surface area contributed by atoms with Crippen molar-refractivity contribution in [3.8, 4) is 11.3 Å². The molecular weight excluding hydrogens is 328 g/mol. The molecule has 0 unspecified atom stereocenters. The quantitative estimate of drug-likeness (QED) is 0.827. The van der Waals surface area contributed by atoms with Gasteiger partial charge < -0.3 is 14.6 Å². The summed E-state index contributed by atoms with van der Waals surface area (Å²) in [6.07, 6.45) is 2.01. The van der Waals surface area contributed by atoms with Crippen LogP contribution in [0.15, 0.2) is 29.0 Å². The number of rotatable bonds is 4. The van der Waals surface area contributed by atoms with Crippen LogP contribution in [0.5, 0.6) is 0 Å². The van der Waals surface area contributed by atoms with E-state index < -0.39 is 24.0 Å². The molecular formula is C16H16N4O5. The van der Waals surface area contributed by atoms with Gasteiger partial charge in [-0.15, -0.1) is 0 Å². The zero-order valence-corrected chi connectivity index (χ0v) is 13.7. The Morgan fingerprint density at radius 2 is 2.08 bits per heavy atom. The number of hydrogen-bond acceptors (Lipinski definition) is 7. The van der Waals surface area contributed by atoms with Crippen LogP contribution in [0.2, 0.25) is 0 Å². The Morgan fingerprint density at radius 3 is 2.72 bits per heavy atom. The van der Waals surface area contributed by atoms with E-state index in [2.05, 4.69) is 15.5 Å². The van der Waals surface area contributed by atoms with Crippen molar-refractivity contribution in [2.75, 3.05) is 13.1 Å². The summed E-state index contributed by atoms with van der Waals surface area (Å²) in [7, 11) is 0. The minimum Gasteiger partial charge on any atom is -0.449 e. The van der Waals surface area contributed by atoms with Gasteiger partial charge in [0.25, 0.3) is 5.91 Å². The van der Waals surface area contributed by atoms with Gasteiger partial charge in [-0.25, -0.2) is 9.59 Å². The smallest absolute Gasteiger partial charge is 0.344 e. The van der Waals surface area contributed by atoms with Crippen LogP contribution in [0.1, 0.15) is 23.0 Å². The Hall–Kier alpha value is -3.23. The molecule has 0 aromatic carbocycles. The fourth-order valence-electron chi connectivity index (χ4n) is 2.49. The molecule has 130 valence electrons. The first-order valence-corrected chi connectivity index (χ1v) is 7.66. The number of esters is 1. The van der Waals surface area contributed by atoms with E-state index in [9.17, 15) is 14.4 Å². The summed E-state index contributed by atoms with van der Waals surface area (Å²) in [4.78, 5) is 41.2. The molecule has 2 aromatic rings. The van der Waals surface area contributed by atoms with E-state index in [4.69, 9.17) is 9.26 Å². The van der Waals surface area contributed by atoms with Crippen LogP contribution in [-0.2, 0) is 9.53 Å². The molecule has 0 bridgehead atoms. The highest BCUT2D eigenvalue weighted by atomic mass is 16.5. The molecule has 1 N–H and O–H groups in total. The summed E-state index contributed by atoms with van der Waals surface area (Å²) in [5.74, 6) is -1.05. The third kappa shape index (κ3) is 3.21. The lowest BCUT2D eigenvalue weighted by molar-refractivity contribution is -0.136. The summed E-state index contributed by atoms with van der Waals surface area (Å²) in [5.41, 5.74) is 1.08. The van der Waals surface area contributed by atoms with E-state index in [0.717, 1.165) is 4.90 Å². The van der Waals surface area contributed by atoms with Crippen LogP contribution in [0.3, 0.4) is 0 Å². The molecule has 0 spiro atoms. The molecule has 1 atom stereocenters. The number of carbonyl (C=O) groups is 3. The fourth-order valence-corrected chi connectivity index (χ4v) is 2.49. The zero-order chi connectivity index (χ0) is 18.0. The van der Waals surface area contributed by atoms with Crippen LogP contribution < -0.4 is 5.32 Å². The molecule has 0 aliphatic carbocycles. The summed E-state index contributed by atoms with van der Waals surface area (Å²) >= 11 is 0. The van der Waals surface area contributed by atoms with Crippen molar-refractivity contribution in [2.24, 2.45) is 0 Å². The minimum absolute atomic E-state index is 0.136. The third-order valence-corrected chi connectivity index (χ3v) is 3.78. The number of amides is 3. The Balaban J connectivity index is 1.79. The molecule has 3 heterocycles. The van der Waals surface area contributed by atoms with Gasteiger partial charge in [0.15, 0.2) is 6.10 Å². The zero-order valence-electron chi connectivity index (χ0n) is 13.7. The molecule has 1 aliphatic rings. The highest BCUT2D eigenvalue weighted by molar-refractivity contribution is 6.01. The lowest BCUT2D eigenvalue weighted by atomic mass is 10.1. The van der Waals surface area contributed by atoms with E-state index in [1.54, 1.807) is 31.5 Å². The van der Waals surface area contributed by atoms with Gasteiger partial charge in [0.05, 0.1) is 0 Å². The normalized spacial score (nSPS) is 15.0. The van der Waals surface area contributed by atoms with E-state index in [1.165, 1.54) is 6.92 Å². The van der Waals surface area contributed by atoms with E-state index >= 15 is 0 Å². The standard InChI is InChI=1S/C16H16N4O5/c1-9-12(13(19-25-9)11-3-5-17-6-4-11)15(22)24-10(2)14(21)20-8-7-18-16(20)23/h3-6,10H,7-8H2,1-2H3,(H,18,23)/t10-/m0/s1. The molecule has 25 heavy (non-hydrogen) atoms. The van der Waals surface area contributed by atoms with Gasteiger partial charge >= 0.3 is 12.0 Å². The first-order chi connectivity index (χ1) is 12.0. The van der Waals surface area contributed by atoms with Crippen molar-refractivity contribution < 1.29 is 23.6 Å². The summed E-state index contributed by atoms with van der Waals surface area (Å²) < 4.78 is 10.3. The van der Waals surface area contributed by atoms with Crippen molar-refractivity contribution in [3.63, 3.8) is 0 Å². The molecule has 3 amide bonds. The van der Waals surface area contributed by atoms with E-state index in [0.29, 0.717) is 17.8 Å². The predicted molar refractivity (Wildman–Crippen MR) is 84.5 cm³/mol. The molecule has 1 saturated heterocycles. The van der Waals surface area contributed by atoms with E-state index in [1.807, 2.05) is 0 Å². The number of aromatic nitrogens is 2. The molecule has 1 fully saturated rings. The maximum Gasteiger partial charge on any atom is 0.344 e. The van der Waals surface area contributed by atoms with Crippen LogP contribution in [0.4, 0.5) is 4.79 Å². The fraction of sp³-hybridized carbons (Fsp3) is 0.312. The van der Waals surface area contributed by atoms with Gasteiger partial charge in [-0.2, -0.15) is 0 Å². The number of nitrogens with zero attached hydrogens (tertiary/aromatic N) is 3. The van der Waals surface area contributed by atoms with Crippen LogP contribution >= 0.6 is 0 Å². The number of aryl methyl sites for hydroxylation is 1. The van der Waals surface area contributed by atoms with Gasteiger partial charge in [-0.1, -0.05) is 5.16 Å². The van der Waals surface area contributed by atoms with Gasteiger partial charge in [-0.05, 0) is 26.0 Å². The third-order valence-electron chi connectivity index (χ3n) is 3.78. The second-order valence-electron chi connectivity index (χ2n) is 5.47. The van der Waals surface area contributed by atoms with Crippen molar-refractivity contribution in [1.29, 1.82) is 0 Å². The maximum atomic E-state index is 12.5. The van der Waals surface area contributed by atoms with Crippen molar-refractivity contribution in [1.82, 2.24) is 20.4 Å². The monoisotopic (exact) mass is 344 g/mol. The largest absolute Gasteiger partial charge is 0.449 e. The van der Waals surface area contributed by atoms with Crippen LogP contribution in [-0.4, -0.2) is 52.1 Å². The molecule has 0 saturated carbocycles. The number of carbonyl (C=O) groups excluding carboxylic acids is 3. The Morgan fingerprint density at radius 1 is 1.36 bits per heavy atom. The molecule has 0 radical (unpaired) electrons. The molecule has 9 nitrogen and oxygen atoms in total. The van der Waals surface area contributed by atoms with Gasteiger partial charge in [0.1, 0.15) is 17.0 Å². The number of ether oxygens (including phenoxy) is 1. The number of imide groups is 1. The predicted octanol–water partition coefficient (Wildman–Crippen LogP) is 1.14. The highest BCUT2D eigenvalue weighted by Gasteiger charge is 2.33. The first kappa shape index (κ1) is 16.6. The lowest BCUT2D eigenvalue weighted by Gasteiger charge is -2.18. The van der Waals surface area contributed by atoms with E-state index in [-0.39, 0.29) is 17.9 Å². The minimum atomic E-state index is -1.11. The number of pyridine rings is 1. The lowest BCUT2D eigenvalue weighted by Crippen LogP contribution is -2.41. The summed E-state index contributed by atoms with van der Waals surface area (Å²) in [6.45, 7) is 3.62. The Bertz CT molecular complexity index is 817. The van der Waals surface area contributed by atoms with Crippen molar-refractivity contribution in [2.45, 2.75) is 20.0 Å².